The van der Waals surface area contributed by atoms with E-state index in [1.165, 1.54) is 6.07 Å². The maximum atomic E-state index is 13.8. The van der Waals surface area contributed by atoms with Gasteiger partial charge in [-0.05, 0) is 41.3 Å². The molecule has 5 heteroatoms. The van der Waals surface area contributed by atoms with Gasteiger partial charge in [-0.3, -0.25) is 4.98 Å². The number of alkyl halides is 3. The summed E-state index contributed by atoms with van der Waals surface area (Å²) in [5.41, 5.74) is 4.40. The molecule has 3 aromatic carbocycles. The third-order valence-corrected chi connectivity index (χ3v) is 6.26. The SMILES string of the molecule is CCOc1c(C(F)(F)F)ccc2cnc3c(c12)-c1ccc(-c2ccccc2)cc1C3(C)C. The lowest BCUT2D eigenvalue weighted by Crippen LogP contribution is -2.17. The maximum absolute atomic E-state index is 13.8. The summed E-state index contributed by atoms with van der Waals surface area (Å²) in [6, 6.07) is 18.8. The smallest absolute Gasteiger partial charge is 0.419 e. The lowest BCUT2D eigenvalue weighted by molar-refractivity contribution is -0.138. The number of fused-ring (bicyclic) bond motifs is 5. The number of hydrogen-bond donors (Lipinski definition) is 0. The molecule has 4 aromatic rings. The summed E-state index contributed by atoms with van der Waals surface area (Å²) >= 11 is 0. The second kappa shape index (κ2) is 7.09. The molecule has 0 amide bonds. The molecule has 0 aliphatic heterocycles. The summed E-state index contributed by atoms with van der Waals surface area (Å²) in [6.45, 7) is 5.98. The average molecular weight is 433 g/mol. The molecule has 0 fully saturated rings. The fourth-order valence-corrected chi connectivity index (χ4v) is 4.75. The van der Waals surface area contributed by atoms with Crippen LogP contribution in [0.2, 0.25) is 0 Å². The summed E-state index contributed by atoms with van der Waals surface area (Å²) in [4.78, 5) is 4.71. The van der Waals surface area contributed by atoms with Gasteiger partial charge in [0.2, 0.25) is 0 Å². The van der Waals surface area contributed by atoms with E-state index < -0.39 is 17.2 Å². The summed E-state index contributed by atoms with van der Waals surface area (Å²) in [7, 11) is 0. The summed E-state index contributed by atoms with van der Waals surface area (Å²) < 4.78 is 47.2. The number of nitrogens with zero attached hydrogens (tertiary/aromatic N) is 1. The van der Waals surface area contributed by atoms with Crippen molar-refractivity contribution >= 4 is 10.8 Å². The molecule has 0 unspecified atom stereocenters. The number of rotatable bonds is 3. The van der Waals surface area contributed by atoms with Crippen molar-refractivity contribution in [2.75, 3.05) is 6.61 Å². The van der Waals surface area contributed by atoms with Gasteiger partial charge < -0.3 is 4.74 Å². The molecule has 0 N–H and O–H groups in total. The third kappa shape index (κ3) is 2.99. The molecule has 2 nitrogen and oxygen atoms in total. The number of aromatic nitrogens is 1. The van der Waals surface area contributed by atoms with E-state index >= 15 is 0 Å². The normalized spacial score (nSPS) is 14.3. The molecule has 1 heterocycles. The van der Waals surface area contributed by atoms with Gasteiger partial charge in [0.1, 0.15) is 5.75 Å². The molecule has 1 aliphatic rings. The van der Waals surface area contributed by atoms with E-state index in [2.05, 4.69) is 19.9 Å². The average Bonchev–Trinajstić information content (AvgIpc) is 3.00. The summed E-state index contributed by atoms with van der Waals surface area (Å²) in [6.07, 6.45) is -2.86. The first-order chi connectivity index (χ1) is 15.2. The van der Waals surface area contributed by atoms with E-state index in [0.717, 1.165) is 39.6 Å². The molecular formula is C27H22F3NO. The lowest BCUT2D eigenvalue weighted by Gasteiger charge is -2.21. The van der Waals surface area contributed by atoms with Crippen molar-refractivity contribution in [3.05, 3.63) is 83.7 Å². The standard InChI is InChI=1S/C27H22F3NO/c1-4-32-24-20(27(28,29)30)13-11-18-15-31-25-23(22(18)24)19-12-10-17(14-21(19)26(25,2)3)16-8-6-5-7-9-16/h5-15H,4H2,1-3H3. The maximum Gasteiger partial charge on any atom is 0.419 e. The Bertz CT molecular complexity index is 1340. The van der Waals surface area contributed by atoms with E-state index in [4.69, 9.17) is 9.72 Å². The zero-order chi connectivity index (χ0) is 22.7. The van der Waals surface area contributed by atoms with Crippen molar-refractivity contribution in [3.63, 3.8) is 0 Å². The van der Waals surface area contributed by atoms with E-state index in [9.17, 15) is 13.2 Å². The van der Waals surface area contributed by atoms with Crippen molar-refractivity contribution in [1.82, 2.24) is 4.98 Å². The number of benzene rings is 3. The molecule has 0 spiro atoms. The largest absolute Gasteiger partial charge is 0.493 e. The van der Waals surface area contributed by atoms with E-state index in [-0.39, 0.29) is 12.4 Å². The third-order valence-electron chi connectivity index (χ3n) is 6.26. The fraction of sp³-hybridized carbons (Fsp3) is 0.222. The molecule has 0 radical (unpaired) electrons. The lowest BCUT2D eigenvalue weighted by atomic mass is 9.84. The Hall–Kier alpha value is -3.34. The van der Waals surface area contributed by atoms with Crippen LogP contribution in [0.25, 0.3) is 33.0 Å². The molecule has 0 bridgehead atoms. The number of halogens is 3. The van der Waals surface area contributed by atoms with Crippen molar-refractivity contribution in [2.45, 2.75) is 32.4 Å². The van der Waals surface area contributed by atoms with Gasteiger partial charge in [-0.1, -0.05) is 62.4 Å². The Balaban J connectivity index is 1.84. The number of hydrogen-bond acceptors (Lipinski definition) is 2. The minimum Gasteiger partial charge on any atom is -0.493 e. The Morgan fingerprint density at radius 3 is 2.38 bits per heavy atom. The fourth-order valence-electron chi connectivity index (χ4n) is 4.75. The molecule has 0 saturated heterocycles. The zero-order valence-electron chi connectivity index (χ0n) is 18.0. The van der Waals surface area contributed by atoms with E-state index in [1.807, 2.05) is 42.5 Å². The number of pyridine rings is 1. The second-order valence-corrected chi connectivity index (χ2v) is 8.57. The van der Waals surface area contributed by atoms with Gasteiger partial charge in [0, 0.05) is 27.9 Å². The molecule has 1 aromatic heterocycles. The van der Waals surface area contributed by atoms with Gasteiger partial charge in [0.25, 0.3) is 0 Å². The van der Waals surface area contributed by atoms with Crippen molar-refractivity contribution in [3.8, 4) is 28.0 Å². The monoisotopic (exact) mass is 433 g/mol. The Labute approximate surface area is 184 Å². The van der Waals surface area contributed by atoms with Crippen LogP contribution >= 0.6 is 0 Å². The van der Waals surface area contributed by atoms with Gasteiger partial charge in [0.15, 0.2) is 0 Å². The zero-order valence-corrected chi connectivity index (χ0v) is 18.0. The number of ether oxygens (including phenoxy) is 1. The van der Waals surface area contributed by atoms with Crippen molar-refractivity contribution in [2.24, 2.45) is 0 Å². The van der Waals surface area contributed by atoms with Crippen molar-refractivity contribution < 1.29 is 17.9 Å². The topological polar surface area (TPSA) is 22.1 Å². The van der Waals surface area contributed by atoms with Crippen LogP contribution in [0.4, 0.5) is 13.2 Å². The van der Waals surface area contributed by atoms with Crippen LogP contribution in [0, 0.1) is 0 Å². The highest BCUT2D eigenvalue weighted by atomic mass is 19.4. The highest BCUT2D eigenvalue weighted by Gasteiger charge is 2.41. The first-order valence-corrected chi connectivity index (χ1v) is 10.6. The Morgan fingerprint density at radius 2 is 1.69 bits per heavy atom. The highest BCUT2D eigenvalue weighted by molar-refractivity contribution is 6.05. The van der Waals surface area contributed by atoms with Gasteiger partial charge in [0.05, 0.1) is 17.9 Å². The second-order valence-electron chi connectivity index (χ2n) is 8.57. The van der Waals surface area contributed by atoms with Crippen LogP contribution in [0.15, 0.2) is 66.9 Å². The van der Waals surface area contributed by atoms with Crippen LogP contribution in [-0.4, -0.2) is 11.6 Å². The summed E-state index contributed by atoms with van der Waals surface area (Å²) in [5, 5.41) is 1.11. The van der Waals surface area contributed by atoms with Crippen LogP contribution in [-0.2, 0) is 11.6 Å². The first-order valence-electron chi connectivity index (χ1n) is 10.6. The highest BCUT2D eigenvalue weighted by Crippen LogP contribution is 2.54. The van der Waals surface area contributed by atoms with Crippen LogP contribution in [0.1, 0.15) is 37.6 Å². The molecule has 0 saturated carbocycles. The Kier molecular flexibility index (Phi) is 4.55. The van der Waals surface area contributed by atoms with Crippen LogP contribution in [0.3, 0.4) is 0 Å². The quantitative estimate of drug-likeness (QED) is 0.331. The molecule has 5 rings (SSSR count). The summed E-state index contributed by atoms with van der Waals surface area (Å²) in [5.74, 6) is -0.119. The molecular weight excluding hydrogens is 411 g/mol. The van der Waals surface area contributed by atoms with Gasteiger partial charge in [-0.2, -0.15) is 13.2 Å². The molecule has 32 heavy (non-hydrogen) atoms. The Morgan fingerprint density at radius 1 is 0.938 bits per heavy atom. The van der Waals surface area contributed by atoms with Gasteiger partial charge >= 0.3 is 6.18 Å². The van der Waals surface area contributed by atoms with Gasteiger partial charge in [-0.25, -0.2) is 0 Å². The molecule has 0 atom stereocenters. The van der Waals surface area contributed by atoms with E-state index in [1.54, 1.807) is 13.1 Å². The van der Waals surface area contributed by atoms with Gasteiger partial charge in [-0.15, -0.1) is 0 Å². The van der Waals surface area contributed by atoms with Crippen molar-refractivity contribution in [1.29, 1.82) is 0 Å². The molecule has 1 aliphatic carbocycles. The minimum absolute atomic E-state index is 0.119. The van der Waals surface area contributed by atoms with Crippen LogP contribution < -0.4 is 4.74 Å². The minimum atomic E-state index is -4.51. The first kappa shape index (κ1) is 20.6. The molecule has 162 valence electrons. The predicted octanol–water partition coefficient (Wildman–Crippen LogP) is 7.63. The van der Waals surface area contributed by atoms with Crippen LogP contribution in [0.5, 0.6) is 5.75 Å². The van der Waals surface area contributed by atoms with E-state index in [0.29, 0.717) is 10.8 Å². The predicted molar refractivity (Wildman–Crippen MR) is 121 cm³/mol.